The van der Waals surface area contributed by atoms with Gasteiger partial charge < -0.3 is 19.5 Å². The van der Waals surface area contributed by atoms with Crippen LogP contribution in [0.1, 0.15) is 11.3 Å². The van der Waals surface area contributed by atoms with Crippen molar-refractivity contribution in [3.63, 3.8) is 0 Å². The summed E-state index contributed by atoms with van der Waals surface area (Å²) in [5.41, 5.74) is -0.0257. The summed E-state index contributed by atoms with van der Waals surface area (Å²) in [6.07, 6.45) is -5.05. The molecule has 0 spiro atoms. The fraction of sp³-hybridized carbons (Fsp3) is 0.150. The molecule has 164 valence electrons. The number of halogens is 3. The Morgan fingerprint density at radius 3 is 2.81 bits per heavy atom. The second-order valence-corrected chi connectivity index (χ2v) is 7.67. The number of fused-ring (bicyclic) bond motifs is 2. The molecule has 0 radical (unpaired) electrons. The van der Waals surface area contributed by atoms with Crippen molar-refractivity contribution in [1.82, 2.24) is 20.1 Å². The van der Waals surface area contributed by atoms with E-state index >= 15 is 0 Å². The minimum Gasteiger partial charge on any atom is -0.454 e. The van der Waals surface area contributed by atoms with Crippen LogP contribution >= 0.6 is 11.3 Å². The lowest BCUT2D eigenvalue weighted by atomic mass is 10.2. The maximum absolute atomic E-state index is 13.8. The van der Waals surface area contributed by atoms with Gasteiger partial charge in [0.2, 0.25) is 11.9 Å². The first-order valence-electron chi connectivity index (χ1n) is 9.24. The summed E-state index contributed by atoms with van der Waals surface area (Å²) in [5.74, 6) is 0.377. The van der Waals surface area contributed by atoms with Crippen molar-refractivity contribution in [1.29, 1.82) is 0 Å². The SMILES string of the molecule is O=C(NCc1ccc2c(c1)OCO2)Oc1cnn(-c2nc3ccccc3s2)c1C(F)(F)F. The Morgan fingerprint density at radius 2 is 2.00 bits per heavy atom. The van der Waals surface area contributed by atoms with E-state index in [-0.39, 0.29) is 18.5 Å². The van der Waals surface area contributed by atoms with Crippen LogP contribution in [0.5, 0.6) is 17.2 Å². The molecule has 0 atom stereocenters. The fourth-order valence-corrected chi connectivity index (χ4v) is 4.06. The third-order valence-electron chi connectivity index (χ3n) is 4.54. The third kappa shape index (κ3) is 3.80. The summed E-state index contributed by atoms with van der Waals surface area (Å²) in [5, 5.41) is 6.19. The summed E-state index contributed by atoms with van der Waals surface area (Å²) in [7, 11) is 0. The highest BCUT2D eigenvalue weighted by Crippen LogP contribution is 2.39. The highest BCUT2D eigenvalue weighted by molar-refractivity contribution is 7.20. The van der Waals surface area contributed by atoms with Gasteiger partial charge in [-0.05, 0) is 29.8 Å². The van der Waals surface area contributed by atoms with Crippen LogP contribution in [-0.4, -0.2) is 27.7 Å². The molecule has 2 aromatic carbocycles. The molecule has 8 nitrogen and oxygen atoms in total. The molecule has 0 unspecified atom stereocenters. The van der Waals surface area contributed by atoms with Crippen LogP contribution in [0, 0.1) is 0 Å². The topological polar surface area (TPSA) is 87.5 Å². The molecule has 1 aliphatic heterocycles. The smallest absolute Gasteiger partial charge is 0.437 e. The third-order valence-corrected chi connectivity index (χ3v) is 5.56. The van der Waals surface area contributed by atoms with E-state index in [0.29, 0.717) is 32.0 Å². The molecule has 1 N–H and O–H groups in total. The Kier molecular flexibility index (Phi) is 4.85. The van der Waals surface area contributed by atoms with E-state index in [4.69, 9.17) is 14.2 Å². The summed E-state index contributed by atoms with van der Waals surface area (Å²) >= 11 is 1.04. The van der Waals surface area contributed by atoms with Crippen molar-refractivity contribution in [3.8, 4) is 22.4 Å². The summed E-state index contributed by atoms with van der Waals surface area (Å²) in [6, 6.07) is 12.0. The van der Waals surface area contributed by atoms with E-state index in [0.717, 1.165) is 17.5 Å². The number of hydrogen-bond acceptors (Lipinski definition) is 7. The number of para-hydroxylation sites is 1. The largest absolute Gasteiger partial charge is 0.454 e. The van der Waals surface area contributed by atoms with Crippen LogP contribution in [0.15, 0.2) is 48.7 Å². The van der Waals surface area contributed by atoms with Gasteiger partial charge in [0.05, 0.1) is 16.4 Å². The first-order valence-corrected chi connectivity index (χ1v) is 10.1. The molecule has 0 bridgehead atoms. The molecule has 2 aromatic heterocycles. The van der Waals surface area contributed by atoms with Crippen molar-refractivity contribution in [2.24, 2.45) is 0 Å². The maximum Gasteiger partial charge on any atom is 0.437 e. The first-order chi connectivity index (χ1) is 15.4. The zero-order valence-electron chi connectivity index (χ0n) is 16.0. The predicted molar refractivity (Wildman–Crippen MR) is 107 cm³/mol. The lowest BCUT2D eigenvalue weighted by Gasteiger charge is -2.11. The molecule has 0 saturated carbocycles. The minimum atomic E-state index is -4.83. The lowest BCUT2D eigenvalue weighted by Crippen LogP contribution is -2.27. The second kappa shape index (κ2) is 7.71. The molecule has 0 saturated heterocycles. The van der Waals surface area contributed by atoms with Gasteiger partial charge in [0, 0.05) is 6.54 Å². The van der Waals surface area contributed by atoms with Crippen molar-refractivity contribution in [2.45, 2.75) is 12.7 Å². The quantitative estimate of drug-likeness (QED) is 0.480. The zero-order valence-corrected chi connectivity index (χ0v) is 16.9. The van der Waals surface area contributed by atoms with Gasteiger partial charge in [0.15, 0.2) is 22.9 Å². The normalized spacial score (nSPS) is 12.8. The van der Waals surface area contributed by atoms with E-state index in [1.54, 1.807) is 42.5 Å². The van der Waals surface area contributed by atoms with Crippen molar-refractivity contribution >= 4 is 27.6 Å². The van der Waals surface area contributed by atoms with Gasteiger partial charge in [-0.25, -0.2) is 9.78 Å². The van der Waals surface area contributed by atoms with Gasteiger partial charge in [0.25, 0.3) is 0 Å². The van der Waals surface area contributed by atoms with E-state index in [9.17, 15) is 18.0 Å². The molecule has 32 heavy (non-hydrogen) atoms. The number of thiazole rings is 1. The molecule has 1 aliphatic rings. The molecule has 4 aromatic rings. The summed E-state index contributed by atoms with van der Waals surface area (Å²) in [4.78, 5) is 16.4. The van der Waals surface area contributed by atoms with E-state index in [1.807, 2.05) is 0 Å². The Balaban J connectivity index is 1.35. The van der Waals surface area contributed by atoms with Crippen LogP contribution < -0.4 is 19.5 Å². The van der Waals surface area contributed by atoms with E-state index in [2.05, 4.69) is 15.4 Å². The van der Waals surface area contributed by atoms with Crippen LogP contribution in [0.2, 0.25) is 0 Å². The highest BCUT2D eigenvalue weighted by Gasteiger charge is 2.41. The van der Waals surface area contributed by atoms with Gasteiger partial charge in [-0.2, -0.15) is 23.0 Å². The average molecular weight is 462 g/mol. The van der Waals surface area contributed by atoms with E-state index < -0.39 is 23.7 Å². The first kappa shape index (κ1) is 20.1. The number of benzene rings is 2. The number of rotatable bonds is 4. The molecule has 3 heterocycles. The number of carbonyl (C=O) groups excluding carboxylic acids is 1. The number of hydrogen-bond donors (Lipinski definition) is 1. The fourth-order valence-electron chi connectivity index (χ4n) is 3.12. The monoisotopic (exact) mass is 462 g/mol. The van der Waals surface area contributed by atoms with Gasteiger partial charge in [-0.3, -0.25) is 0 Å². The summed E-state index contributed by atoms with van der Waals surface area (Å²) in [6.45, 7) is 0.121. The Labute approximate surface area is 182 Å². The van der Waals surface area contributed by atoms with Gasteiger partial charge in [-0.15, -0.1) is 0 Å². The van der Waals surface area contributed by atoms with Gasteiger partial charge >= 0.3 is 12.3 Å². The van der Waals surface area contributed by atoms with E-state index in [1.165, 1.54) is 0 Å². The maximum atomic E-state index is 13.8. The highest BCUT2D eigenvalue weighted by atomic mass is 32.1. The van der Waals surface area contributed by atoms with Crippen molar-refractivity contribution in [2.75, 3.05) is 6.79 Å². The number of ether oxygens (including phenoxy) is 3. The lowest BCUT2D eigenvalue weighted by molar-refractivity contribution is -0.143. The number of carbonyl (C=O) groups is 1. The van der Waals surface area contributed by atoms with Crippen LogP contribution in [0.3, 0.4) is 0 Å². The van der Waals surface area contributed by atoms with Crippen molar-refractivity contribution < 1.29 is 32.2 Å². The Morgan fingerprint density at radius 1 is 1.19 bits per heavy atom. The second-order valence-electron chi connectivity index (χ2n) is 6.66. The van der Waals surface area contributed by atoms with Crippen LogP contribution in [0.4, 0.5) is 18.0 Å². The number of nitrogens with one attached hydrogen (secondary N) is 1. The Bertz CT molecular complexity index is 1280. The Hall–Kier alpha value is -3.80. The molecule has 0 fully saturated rings. The van der Waals surface area contributed by atoms with Crippen molar-refractivity contribution in [3.05, 3.63) is 59.9 Å². The molecule has 12 heteroatoms. The minimum absolute atomic E-state index is 0.00847. The molecular formula is C20H13F3N4O4S. The number of alkyl halides is 3. The average Bonchev–Trinajstić information content (AvgIpc) is 3.48. The zero-order chi connectivity index (χ0) is 22.3. The van der Waals surface area contributed by atoms with Gasteiger partial charge in [0.1, 0.15) is 0 Å². The number of nitrogens with zero attached hydrogens (tertiary/aromatic N) is 3. The van der Waals surface area contributed by atoms with Crippen LogP contribution in [-0.2, 0) is 12.7 Å². The number of amides is 1. The molecule has 1 amide bonds. The molecular weight excluding hydrogens is 449 g/mol. The summed E-state index contributed by atoms with van der Waals surface area (Å²) < 4.78 is 58.1. The number of aromatic nitrogens is 3. The predicted octanol–water partition coefficient (Wildman–Crippen LogP) is 4.52. The molecule has 0 aliphatic carbocycles. The standard InChI is InChI=1S/C20H13F3N4O4S/c21-20(22,23)17-15(9-25-27(17)18-26-12-3-1-2-4-16(12)32-18)31-19(28)24-8-11-5-6-13-14(7-11)30-10-29-13/h1-7,9H,8,10H2,(H,24,28). The van der Waals surface area contributed by atoms with Gasteiger partial charge in [-0.1, -0.05) is 29.5 Å². The molecule has 5 rings (SSSR count). The van der Waals surface area contributed by atoms with Crippen LogP contribution in [0.25, 0.3) is 15.3 Å².